The molecule has 0 radical (unpaired) electrons. The lowest BCUT2D eigenvalue weighted by Crippen LogP contribution is -2.54. The Morgan fingerprint density at radius 3 is 2.38 bits per heavy atom. The topological polar surface area (TPSA) is 75.7 Å². The molecular weight excluding hydrogens is 352 g/mol. The van der Waals surface area contributed by atoms with Gasteiger partial charge in [-0.05, 0) is 29.8 Å². The van der Waals surface area contributed by atoms with Crippen molar-refractivity contribution in [1.29, 1.82) is 0 Å². The van der Waals surface area contributed by atoms with Crippen LogP contribution in [0.2, 0.25) is 0 Å². The Hall–Kier alpha value is -2.22. The van der Waals surface area contributed by atoms with Crippen LogP contribution in [0.1, 0.15) is 18.9 Å². The first kappa shape index (κ1) is 18.6. The molecule has 0 spiro atoms. The number of ether oxygens (including phenoxy) is 1. The first-order chi connectivity index (χ1) is 12.5. The fourth-order valence-corrected chi connectivity index (χ4v) is 4.10. The van der Waals surface area contributed by atoms with Crippen molar-refractivity contribution >= 4 is 21.6 Å². The molecule has 1 fully saturated rings. The molecule has 1 saturated heterocycles. The third-order valence-electron chi connectivity index (χ3n) is 4.24. The maximum Gasteiger partial charge on any atom is 0.243 e. The summed E-state index contributed by atoms with van der Waals surface area (Å²) in [7, 11) is -3.53. The average molecular weight is 374 g/mol. The molecule has 0 bridgehead atoms. The molecule has 2 aromatic rings. The number of sulfonamides is 1. The van der Waals surface area contributed by atoms with E-state index in [0.717, 1.165) is 5.56 Å². The number of carbonyl (C=O) groups excluding carboxylic acids is 1. The smallest absolute Gasteiger partial charge is 0.243 e. The van der Waals surface area contributed by atoms with E-state index in [4.69, 9.17) is 4.74 Å². The Bertz CT molecular complexity index is 845. The lowest BCUT2D eigenvalue weighted by Gasteiger charge is -2.37. The van der Waals surface area contributed by atoms with Crippen molar-refractivity contribution in [3.05, 3.63) is 60.2 Å². The van der Waals surface area contributed by atoms with Crippen molar-refractivity contribution < 1.29 is 17.9 Å². The quantitative estimate of drug-likeness (QED) is 0.808. The van der Waals surface area contributed by atoms with Crippen molar-refractivity contribution in [3.8, 4) is 0 Å². The van der Waals surface area contributed by atoms with Crippen LogP contribution in [0.4, 0.5) is 5.69 Å². The minimum absolute atomic E-state index is 0.0897. The van der Waals surface area contributed by atoms with Crippen molar-refractivity contribution in [3.63, 3.8) is 0 Å². The first-order valence-electron chi connectivity index (χ1n) is 8.54. The molecule has 6 nitrogen and oxygen atoms in total. The van der Waals surface area contributed by atoms with Crippen LogP contribution >= 0.6 is 0 Å². The molecule has 26 heavy (non-hydrogen) atoms. The predicted octanol–water partition coefficient (Wildman–Crippen LogP) is 2.62. The van der Waals surface area contributed by atoms with Gasteiger partial charge in [0.25, 0.3) is 0 Å². The maximum absolute atomic E-state index is 12.6. The molecular formula is C19H22N2O4S. The van der Waals surface area contributed by atoms with Gasteiger partial charge in [0.05, 0.1) is 17.6 Å². The Kier molecular flexibility index (Phi) is 5.70. The molecule has 0 unspecified atom stereocenters. The van der Waals surface area contributed by atoms with E-state index < -0.39 is 10.0 Å². The SMILES string of the molecule is CCC(=O)Nc1ccc(S(=O)(=O)N2CC(OCc3ccccc3)C2)cc1. The van der Waals surface area contributed by atoms with Crippen molar-refractivity contribution in [2.45, 2.75) is 31.0 Å². The maximum atomic E-state index is 12.6. The average Bonchev–Trinajstić information content (AvgIpc) is 2.61. The van der Waals surface area contributed by atoms with Gasteiger partial charge in [0.2, 0.25) is 15.9 Å². The summed E-state index contributed by atoms with van der Waals surface area (Å²) < 4.78 is 32.4. The van der Waals surface area contributed by atoms with Gasteiger partial charge in [-0.1, -0.05) is 37.3 Å². The molecule has 0 aliphatic carbocycles. The fraction of sp³-hybridized carbons (Fsp3) is 0.316. The van der Waals surface area contributed by atoms with Crippen LogP contribution in [0.15, 0.2) is 59.5 Å². The second-order valence-corrected chi connectivity index (χ2v) is 8.10. The second kappa shape index (κ2) is 7.99. The zero-order valence-corrected chi connectivity index (χ0v) is 15.4. The third kappa shape index (κ3) is 4.30. The van der Waals surface area contributed by atoms with Crippen LogP contribution in [0.5, 0.6) is 0 Å². The lowest BCUT2D eigenvalue weighted by molar-refractivity contribution is -0.115. The molecule has 1 amide bonds. The molecule has 1 aliphatic rings. The Labute approximate surface area is 153 Å². The van der Waals surface area contributed by atoms with E-state index in [1.807, 2.05) is 30.3 Å². The molecule has 2 aromatic carbocycles. The van der Waals surface area contributed by atoms with Gasteiger partial charge in [-0.3, -0.25) is 4.79 Å². The minimum atomic E-state index is -3.53. The van der Waals surface area contributed by atoms with Gasteiger partial charge in [0.15, 0.2) is 0 Å². The molecule has 0 atom stereocenters. The summed E-state index contributed by atoms with van der Waals surface area (Å²) in [5.74, 6) is -0.109. The number of amides is 1. The van der Waals surface area contributed by atoms with Crippen molar-refractivity contribution in [2.24, 2.45) is 0 Å². The van der Waals surface area contributed by atoms with Gasteiger partial charge < -0.3 is 10.1 Å². The van der Waals surface area contributed by atoms with E-state index in [0.29, 0.717) is 31.8 Å². The van der Waals surface area contributed by atoms with Crippen molar-refractivity contribution in [1.82, 2.24) is 4.31 Å². The molecule has 3 rings (SSSR count). The number of anilines is 1. The van der Waals surface area contributed by atoms with Gasteiger partial charge in [0, 0.05) is 25.2 Å². The number of benzene rings is 2. The highest BCUT2D eigenvalue weighted by Gasteiger charge is 2.37. The number of hydrogen-bond acceptors (Lipinski definition) is 4. The minimum Gasteiger partial charge on any atom is -0.371 e. The van der Waals surface area contributed by atoms with Crippen LogP contribution in [-0.4, -0.2) is 37.8 Å². The Balaban J connectivity index is 1.54. The summed E-state index contributed by atoms with van der Waals surface area (Å²) in [5, 5.41) is 2.70. The van der Waals surface area contributed by atoms with Crippen LogP contribution in [0.3, 0.4) is 0 Å². The molecule has 1 heterocycles. The van der Waals surface area contributed by atoms with Crippen LogP contribution in [0, 0.1) is 0 Å². The second-order valence-electron chi connectivity index (χ2n) is 6.17. The largest absolute Gasteiger partial charge is 0.371 e. The number of nitrogens with one attached hydrogen (secondary N) is 1. The highest BCUT2D eigenvalue weighted by molar-refractivity contribution is 7.89. The van der Waals surface area contributed by atoms with E-state index in [1.165, 1.54) is 16.4 Å². The van der Waals surface area contributed by atoms with Crippen LogP contribution in [0.25, 0.3) is 0 Å². The van der Waals surface area contributed by atoms with Gasteiger partial charge >= 0.3 is 0 Å². The van der Waals surface area contributed by atoms with E-state index in [9.17, 15) is 13.2 Å². The molecule has 1 N–H and O–H groups in total. The Morgan fingerprint density at radius 2 is 1.77 bits per heavy atom. The summed E-state index contributed by atoms with van der Waals surface area (Å²) in [5.41, 5.74) is 1.65. The molecule has 138 valence electrons. The fourth-order valence-electron chi connectivity index (χ4n) is 2.60. The highest BCUT2D eigenvalue weighted by atomic mass is 32.2. The first-order valence-corrected chi connectivity index (χ1v) is 9.98. The highest BCUT2D eigenvalue weighted by Crippen LogP contribution is 2.24. The number of nitrogens with zero attached hydrogens (tertiary/aromatic N) is 1. The van der Waals surface area contributed by atoms with Gasteiger partial charge in [-0.25, -0.2) is 8.42 Å². The normalized spacial score (nSPS) is 15.4. The number of carbonyl (C=O) groups is 1. The number of rotatable bonds is 7. The Morgan fingerprint density at radius 1 is 1.12 bits per heavy atom. The molecule has 0 saturated carbocycles. The zero-order chi connectivity index (χ0) is 18.6. The molecule has 7 heteroatoms. The predicted molar refractivity (Wildman–Crippen MR) is 99.1 cm³/mol. The van der Waals surface area contributed by atoms with Crippen LogP contribution < -0.4 is 5.32 Å². The van der Waals surface area contributed by atoms with E-state index in [-0.39, 0.29) is 16.9 Å². The zero-order valence-electron chi connectivity index (χ0n) is 14.6. The van der Waals surface area contributed by atoms with Crippen molar-refractivity contribution in [2.75, 3.05) is 18.4 Å². The van der Waals surface area contributed by atoms with Gasteiger partial charge in [-0.15, -0.1) is 0 Å². The summed E-state index contributed by atoms with van der Waals surface area (Å²) in [6.07, 6.45) is 0.283. The molecule has 1 aliphatic heterocycles. The van der Waals surface area contributed by atoms with E-state index in [1.54, 1.807) is 19.1 Å². The summed E-state index contributed by atoms with van der Waals surface area (Å²) in [6, 6.07) is 16.0. The molecule has 0 aromatic heterocycles. The summed E-state index contributed by atoms with van der Waals surface area (Å²) in [4.78, 5) is 11.6. The third-order valence-corrected chi connectivity index (χ3v) is 6.09. The van der Waals surface area contributed by atoms with E-state index >= 15 is 0 Å². The van der Waals surface area contributed by atoms with Gasteiger partial charge in [-0.2, -0.15) is 4.31 Å². The summed E-state index contributed by atoms with van der Waals surface area (Å²) in [6.45, 7) is 2.94. The van der Waals surface area contributed by atoms with Crippen LogP contribution in [-0.2, 0) is 26.2 Å². The van der Waals surface area contributed by atoms with E-state index in [2.05, 4.69) is 5.32 Å². The van der Waals surface area contributed by atoms with Gasteiger partial charge in [0.1, 0.15) is 0 Å². The standard InChI is InChI=1S/C19H22N2O4S/c1-2-19(22)20-16-8-10-18(11-9-16)26(23,24)21-12-17(13-21)25-14-15-6-4-3-5-7-15/h3-11,17H,2,12-14H2,1H3,(H,20,22). The monoisotopic (exact) mass is 374 g/mol. The number of hydrogen-bond donors (Lipinski definition) is 1. The summed E-state index contributed by atoms with van der Waals surface area (Å²) >= 11 is 0. The lowest BCUT2D eigenvalue weighted by atomic mass is 10.2.